The molecule has 9 rings (SSSR count). The fraction of sp³-hybridized carbons (Fsp3) is 0. The molecule has 9 aromatic rings. The van der Waals surface area contributed by atoms with Crippen LogP contribution in [-0.2, 0) is 0 Å². The van der Waals surface area contributed by atoms with Crippen LogP contribution in [0.5, 0.6) is 0 Å². The Bertz CT molecular complexity index is 2740. The van der Waals surface area contributed by atoms with Gasteiger partial charge in [0.25, 0.3) is 0 Å². The Morgan fingerprint density at radius 3 is 1.92 bits per heavy atom. The van der Waals surface area contributed by atoms with Crippen molar-refractivity contribution >= 4 is 32.7 Å². The van der Waals surface area contributed by atoms with Gasteiger partial charge in [0.2, 0.25) is 0 Å². The Morgan fingerprint density at radius 1 is 0.429 bits per heavy atom. The molecule has 0 bridgehead atoms. The van der Waals surface area contributed by atoms with Gasteiger partial charge in [0, 0.05) is 27.5 Å². The van der Waals surface area contributed by atoms with Crippen molar-refractivity contribution in [3.8, 4) is 62.5 Å². The van der Waals surface area contributed by atoms with E-state index in [4.69, 9.17) is 19.4 Å². The summed E-state index contributed by atoms with van der Waals surface area (Å²) in [5.41, 5.74) is 9.02. The van der Waals surface area contributed by atoms with E-state index in [0.29, 0.717) is 23.0 Å². The molecule has 0 saturated heterocycles. The van der Waals surface area contributed by atoms with Crippen LogP contribution < -0.4 is 0 Å². The minimum atomic E-state index is 0.551. The summed E-state index contributed by atoms with van der Waals surface area (Å²) in [5.74, 6) is 1.70. The van der Waals surface area contributed by atoms with Crippen molar-refractivity contribution in [1.29, 1.82) is 5.26 Å². The second-order valence-corrected chi connectivity index (χ2v) is 12.0. The lowest BCUT2D eigenvalue weighted by Crippen LogP contribution is -2.00. The molecular weight excluding hydrogens is 601 g/mol. The smallest absolute Gasteiger partial charge is 0.164 e. The first-order valence-corrected chi connectivity index (χ1v) is 16.1. The van der Waals surface area contributed by atoms with Gasteiger partial charge in [-0.05, 0) is 69.4 Å². The van der Waals surface area contributed by atoms with Crippen LogP contribution in [0.3, 0.4) is 0 Å². The lowest BCUT2D eigenvalue weighted by Gasteiger charge is -2.11. The highest BCUT2D eigenvalue weighted by molar-refractivity contribution is 6.13. The van der Waals surface area contributed by atoms with Crippen molar-refractivity contribution in [2.24, 2.45) is 0 Å². The van der Waals surface area contributed by atoms with E-state index in [2.05, 4.69) is 78.9 Å². The van der Waals surface area contributed by atoms with E-state index in [1.165, 1.54) is 0 Å². The first-order valence-electron chi connectivity index (χ1n) is 16.1. The molecule has 49 heavy (non-hydrogen) atoms. The van der Waals surface area contributed by atoms with Crippen LogP contribution in [0.2, 0.25) is 0 Å². The van der Waals surface area contributed by atoms with Gasteiger partial charge in [0.1, 0.15) is 11.2 Å². The van der Waals surface area contributed by atoms with Crippen molar-refractivity contribution < 1.29 is 4.42 Å². The lowest BCUT2D eigenvalue weighted by atomic mass is 9.99. The third kappa shape index (κ3) is 5.09. The first-order chi connectivity index (χ1) is 24.2. The Morgan fingerprint density at radius 2 is 1.06 bits per heavy atom. The van der Waals surface area contributed by atoms with E-state index in [-0.39, 0.29) is 0 Å². The number of benzene rings is 7. The SMILES string of the molecule is N#Cc1cccc(-c2cccc(-c3nc(-c4ccc5c(c4)oc4cccc(-c6ccccc6)c45)nc(-c4cccc5ccccc45)n3)c2)c1. The zero-order chi connectivity index (χ0) is 32.7. The van der Waals surface area contributed by atoms with Crippen molar-refractivity contribution in [1.82, 2.24) is 15.0 Å². The maximum Gasteiger partial charge on any atom is 0.164 e. The Balaban J connectivity index is 1.23. The molecule has 0 atom stereocenters. The first kappa shape index (κ1) is 28.3. The average Bonchev–Trinajstić information content (AvgIpc) is 3.56. The molecule has 0 aliphatic rings. The van der Waals surface area contributed by atoms with Crippen molar-refractivity contribution in [3.05, 3.63) is 163 Å². The van der Waals surface area contributed by atoms with E-state index < -0.39 is 0 Å². The quantitative estimate of drug-likeness (QED) is 0.190. The van der Waals surface area contributed by atoms with Gasteiger partial charge in [-0.25, -0.2) is 15.0 Å². The third-order valence-electron chi connectivity index (χ3n) is 8.95. The summed E-state index contributed by atoms with van der Waals surface area (Å²) in [5, 5.41) is 13.8. The number of nitriles is 1. The summed E-state index contributed by atoms with van der Waals surface area (Å²) in [4.78, 5) is 15.2. The molecule has 0 amide bonds. The summed E-state index contributed by atoms with van der Waals surface area (Å²) < 4.78 is 6.45. The summed E-state index contributed by atoms with van der Waals surface area (Å²) in [6, 6.07) is 55.2. The molecule has 0 aliphatic carbocycles. The lowest BCUT2D eigenvalue weighted by molar-refractivity contribution is 0.669. The fourth-order valence-electron chi connectivity index (χ4n) is 6.60. The number of rotatable bonds is 5. The average molecular weight is 627 g/mol. The highest BCUT2D eigenvalue weighted by Crippen LogP contribution is 2.38. The second-order valence-electron chi connectivity index (χ2n) is 12.0. The number of fused-ring (bicyclic) bond motifs is 4. The molecule has 5 nitrogen and oxygen atoms in total. The Hall–Kier alpha value is -6.90. The fourth-order valence-corrected chi connectivity index (χ4v) is 6.60. The second kappa shape index (κ2) is 11.7. The number of aromatic nitrogens is 3. The Labute approximate surface area is 282 Å². The van der Waals surface area contributed by atoms with E-state index >= 15 is 0 Å². The van der Waals surface area contributed by atoms with Gasteiger partial charge in [-0.2, -0.15) is 5.26 Å². The summed E-state index contributed by atoms with van der Waals surface area (Å²) in [7, 11) is 0. The van der Waals surface area contributed by atoms with Crippen LogP contribution in [0.15, 0.2) is 162 Å². The largest absolute Gasteiger partial charge is 0.456 e. The number of nitrogens with zero attached hydrogens (tertiary/aromatic N) is 4. The molecule has 0 saturated carbocycles. The minimum absolute atomic E-state index is 0.551. The molecule has 5 heteroatoms. The van der Waals surface area contributed by atoms with Gasteiger partial charge in [-0.1, -0.05) is 121 Å². The van der Waals surface area contributed by atoms with Crippen molar-refractivity contribution in [3.63, 3.8) is 0 Å². The van der Waals surface area contributed by atoms with Crippen LogP contribution in [0, 0.1) is 11.3 Å². The van der Waals surface area contributed by atoms with Gasteiger partial charge < -0.3 is 4.42 Å². The van der Waals surface area contributed by atoms with Crippen LogP contribution in [-0.4, -0.2) is 15.0 Å². The number of hydrogen-bond donors (Lipinski definition) is 0. The third-order valence-corrected chi connectivity index (χ3v) is 8.95. The van der Waals surface area contributed by atoms with E-state index in [1.54, 1.807) is 0 Å². The molecule has 0 aliphatic heterocycles. The highest BCUT2D eigenvalue weighted by atomic mass is 16.3. The summed E-state index contributed by atoms with van der Waals surface area (Å²) in [6.45, 7) is 0. The predicted molar refractivity (Wildman–Crippen MR) is 197 cm³/mol. The minimum Gasteiger partial charge on any atom is -0.456 e. The Kier molecular flexibility index (Phi) is 6.78. The molecule has 0 radical (unpaired) electrons. The van der Waals surface area contributed by atoms with Gasteiger partial charge in [-0.3, -0.25) is 0 Å². The van der Waals surface area contributed by atoms with Crippen molar-refractivity contribution in [2.45, 2.75) is 0 Å². The van der Waals surface area contributed by atoms with E-state index in [0.717, 1.165) is 71.7 Å². The highest BCUT2D eigenvalue weighted by Gasteiger charge is 2.18. The van der Waals surface area contributed by atoms with Gasteiger partial charge in [0.15, 0.2) is 17.5 Å². The molecule has 7 aromatic carbocycles. The molecule has 228 valence electrons. The molecule has 0 N–H and O–H groups in total. The van der Waals surface area contributed by atoms with Crippen LogP contribution in [0.1, 0.15) is 5.56 Å². The monoisotopic (exact) mass is 626 g/mol. The molecule has 0 fully saturated rings. The molecular formula is C44H26N4O. The van der Waals surface area contributed by atoms with Crippen LogP contribution in [0.4, 0.5) is 0 Å². The van der Waals surface area contributed by atoms with Crippen LogP contribution >= 0.6 is 0 Å². The zero-order valence-electron chi connectivity index (χ0n) is 26.2. The van der Waals surface area contributed by atoms with Gasteiger partial charge in [0.05, 0.1) is 11.6 Å². The molecule has 2 aromatic heterocycles. The molecule has 0 spiro atoms. The van der Waals surface area contributed by atoms with Gasteiger partial charge in [-0.15, -0.1) is 0 Å². The summed E-state index contributed by atoms with van der Waals surface area (Å²) in [6.07, 6.45) is 0. The van der Waals surface area contributed by atoms with Gasteiger partial charge >= 0.3 is 0 Å². The molecule has 0 unspecified atom stereocenters. The normalized spacial score (nSPS) is 11.2. The topological polar surface area (TPSA) is 75.6 Å². The predicted octanol–water partition coefficient (Wildman–Crippen LogP) is 11.1. The van der Waals surface area contributed by atoms with E-state index in [1.807, 2.05) is 84.9 Å². The zero-order valence-corrected chi connectivity index (χ0v) is 26.2. The van der Waals surface area contributed by atoms with Crippen molar-refractivity contribution in [2.75, 3.05) is 0 Å². The number of hydrogen-bond acceptors (Lipinski definition) is 5. The standard InChI is InChI=1S/C44H26N4O/c45-27-28-10-6-15-31(24-28)32-16-7-17-33(25-32)42-46-43(48-44(47-42)37-20-8-14-29-13-4-5-18-35(29)37)34-22-23-38-40(26-34)49-39-21-9-19-36(41(38)39)30-11-2-1-3-12-30/h1-26H. The number of furan rings is 1. The summed E-state index contributed by atoms with van der Waals surface area (Å²) >= 11 is 0. The maximum atomic E-state index is 9.48. The van der Waals surface area contributed by atoms with E-state index in [9.17, 15) is 5.26 Å². The maximum absolute atomic E-state index is 9.48. The van der Waals surface area contributed by atoms with Crippen LogP contribution in [0.25, 0.3) is 89.1 Å². The molecule has 2 heterocycles.